The zero-order valence-corrected chi connectivity index (χ0v) is 12.0. The van der Waals surface area contributed by atoms with Crippen molar-refractivity contribution in [2.45, 2.75) is 26.2 Å². The number of carbonyl (C=O) groups excluding carboxylic acids is 1. The van der Waals surface area contributed by atoms with E-state index in [4.69, 9.17) is 5.11 Å². The highest BCUT2D eigenvalue weighted by Crippen LogP contribution is 2.33. The first-order valence-corrected chi connectivity index (χ1v) is 7.07. The number of anilines is 1. The summed E-state index contributed by atoms with van der Waals surface area (Å²) < 4.78 is 0. The van der Waals surface area contributed by atoms with Crippen LogP contribution in [0.3, 0.4) is 0 Å². The standard InChI is InChI=1S/C15H20N2O4/c1-2-5-15(6-7-16-9-15)14(21)17-12-4-3-10(18)8-11(12)13(19)20/h3-4,8,16,18H,2,5-7,9H2,1H3,(H,17,21)(H,19,20). The van der Waals surface area contributed by atoms with E-state index in [1.165, 1.54) is 12.1 Å². The molecule has 0 saturated carbocycles. The van der Waals surface area contributed by atoms with Crippen molar-refractivity contribution >= 4 is 17.6 Å². The fourth-order valence-electron chi connectivity index (χ4n) is 2.82. The van der Waals surface area contributed by atoms with Crippen LogP contribution in [0.25, 0.3) is 0 Å². The van der Waals surface area contributed by atoms with Crippen molar-refractivity contribution in [1.29, 1.82) is 0 Å². The van der Waals surface area contributed by atoms with Gasteiger partial charge in [0.25, 0.3) is 0 Å². The molecule has 0 aromatic heterocycles. The first-order valence-electron chi connectivity index (χ1n) is 7.07. The highest BCUT2D eigenvalue weighted by molar-refractivity contribution is 6.02. The molecule has 1 aromatic rings. The predicted octanol–water partition coefficient (Wildman–Crippen LogP) is 1.81. The zero-order chi connectivity index (χ0) is 15.5. The zero-order valence-electron chi connectivity index (χ0n) is 12.0. The SMILES string of the molecule is CCCC1(C(=O)Nc2ccc(O)cc2C(=O)O)CCNC1. The Hall–Kier alpha value is -2.08. The molecule has 114 valence electrons. The molecular formula is C15H20N2O4. The molecule has 1 amide bonds. The van der Waals surface area contributed by atoms with Crippen molar-refractivity contribution < 1.29 is 19.8 Å². The molecule has 1 aliphatic heterocycles. The second kappa shape index (κ2) is 6.13. The van der Waals surface area contributed by atoms with Crippen LogP contribution in [-0.4, -0.2) is 35.2 Å². The van der Waals surface area contributed by atoms with Gasteiger partial charge in [-0.3, -0.25) is 4.79 Å². The van der Waals surface area contributed by atoms with Crippen LogP contribution in [0.15, 0.2) is 18.2 Å². The Bertz CT molecular complexity index is 551. The number of nitrogens with one attached hydrogen (secondary N) is 2. The van der Waals surface area contributed by atoms with Crippen LogP contribution in [0.2, 0.25) is 0 Å². The Morgan fingerprint density at radius 3 is 2.76 bits per heavy atom. The average molecular weight is 292 g/mol. The maximum Gasteiger partial charge on any atom is 0.337 e. The fourth-order valence-corrected chi connectivity index (χ4v) is 2.82. The van der Waals surface area contributed by atoms with Crippen molar-refractivity contribution in [3.05, 3.63) is 23.8 Å². The van der Waals surface area contributed by atoms with Gasteiger partial charge in [-0.15, -0.1) is 0 Å². The Kier molecular flexibility index (Phi) is 4.47. The number of benzene rings is 1. The minimum atomic E-state index is -1.18. The fraction of sp³-hybridized carbons (Fsp3) is 0.467. The average Bonchev–Trinajstić information content (AvgIpc) is 2.91. The van der Waals surface area contributed by atoms with E-state index < -0.39 is 11.4 Å². The van der Waals surface area contributed by atoms with Crippen molar-refractivity contribution in [3.63, 3.8) is 0 Å². The molecule has 1 fully saturated rings. The summed E-state index contributed by atoms with van der Waals surface area (Å²) in [6, 6.07) is 3.91. The number of carbonyl (C=O) groups is 2. The Morgan fingerprint density at radius 2 is 2.19 bits per heavy atom. The molecule has 1 saturated heterocycles. The van der Waals surface area contributed by atoms with E-state index in [2.05, 4.69) is 10.6 Å². The molecule has 0 bridgehead atoms. The molecule has 1 heterocycles. The van der Waals surface area contributed by atoms with Crippen LogP contribution in [0, 0.1) is 5.41 Å². The van der Waals surface area contributed by atoms with Gasteiger partial charge in [-0.2, -0.15) is 0 Å². The number of aromatic carboxylic acids is 1. The summed E-state index contributed by atoms with van der Waals surface area (Å²) in [5, 5.41) is 24.5. The van der Waals surface area contributed by atoms with E-state index in [0.717, 1.165) is 31.9 Å². The van der Waals surface area contributed by atoms with Crippen LogP contribution >= 0.6 is 0 Å². The lowest BCUT2D eigenvalue weighted by Crippen LogP contribution is -2.38. The Balaban J connectivity index is 2.25. The normalized spacial score (nSPS) is 21.2. The second-order valence-corrected chi connectivity index (χ2v) is 5.45. The topological polar surface area (TPSA) is 98.7 Å². The quantitative estimate of drug-likeness (QED) is 0.620. The van der Waals surface area contributed by atoms with Gasteiger partial charge in [0.05, 0.1) is 16.7 Å². The molecule has 1 aromatic carbocycles. The van der Waals surface area contributed by atoms with Crippen LogP contribution in [0.5, 0.6) is 5.75 Å². The Labute approximate surface area is 123 Å². The van der Waals surface area contributed by atoms with E-state index >= 15 is 0 Å². The molecule has 0 radical (unpaired) electrons. The van der Waals surface area contributed by atoms with E-state index in [1.807, 2.05) is 6.92 Å². The lowest BCUT2D eigenvalue weighted by molar-refractivity contribution is -0.125. The molecule has 1 unspecified atom stereocenters. The smallest absolute Gasteiger partial charge is 0.337 e. The lowest BCUT2D eigenvalue weighted by Gasteiger charge is -2.26. The summed E-state index contributed by atoms with van der Waals surface area (Å²) in [6.45, 7) is 3.42. The Morgan fingerprint density at radius 1 is 1.43 bits per heavy atom. The maximum atomic E-state index is 12.6. The molecule has 1 atom stereocenters. The molecule has 4 N–H and O–H groups in total. The van der Waals surface area contributed by atoms with Gasteiger partial charge in [-0.1, -0.05) is 13.3 Å². The minimum Gasteiger partial charge on any atom is -0.508 e. The molecule has 1 aliphatic rings. The molecular weight excluding hydrogens is 272 g/mol. The number of phenolic OH excluding ortho intramolecular Hbond substituents is 1. The van der Waals surface area contributed by atoms with Crippen molar-refractivity contribution in [2.24, 2.45) is 5.41 Å². The third kappa shape index (κ3) is 3.16. The number of aromatic hydroxyl groups is 1. The third-order valence-electron chi connectivity index (χ3n) is 3.94. The van der Waals surface area contributed by atoms with E-state index in [0.29, 0.717) is 6.54 Å². The summed E-state index contributed by atoms with van der Waals surface area (Å²) >= 11 is 0. The number of carboxylic acids is 1. The van der Waals surface area contributed by atoms with Gasteiger partial charge in [-0.05, 0) is 37.6 Å². The number of hydrogen-bond donors (Lipinski definition) is 4. The number of hydrogen-bond acceptors (Lipinski definition) is 4. The van der Waals surface area contributed by atoms with E-state index in [-0.39, 0.29) is 22.9 Å². The molecule has 0 spiro atoms. The van der Waals surface area contributed by atoms with Crippen molar-refractivity contribution in [2.75, 3.05) is 18.4 Å². The first kappa shape index (κ1) is 15.3. The maximum absolute atomic E-state index is 12.6. The van der Waals surface area contributed by atoms with Crippen LogP contribution in [-0.2, 0) is 4.79 Å². The van der Waals surface area contributed by atoms with Gasteiger partial charge < -0.3 is 20.8 Å². The molecule has 6 nitrogen and oxygen atoms in total. The summed E-state index contributed by atoms with van der Waals surface area (Å²) in [4.78, 5) is 23.8. The van der Waals surface area contributed by atoms with Gasteiger partial charge >= 0.3 is 5.97 Å². The van der Waals surface area contributed by atoms with Crippen LogP contribution in [0.4, 0.5) is 5.69 Å². The first-order chi connectivity index (χ1) is 9.98. The summed E-state index contributed by atoms with van der Waals surface area (Å²) in [5.74, 6) is -1.49. The number of phenols is 1. The van der Waals surface area contributed by atoms with Gasteiger partial charge in [0.2, 0.25) is 5.91 Å². The van der Waals surface area contributed by atoms with Crippen LogP contribution in [0.1, 0.15) is 36.5 Å². The highest BCUT2D eigenvalue weighted by atomic mass is 16.4. The molecule has 0 aliphatic carbocycles. The van der Waals surface area contributed by atoms with Gasteiger partial charge in [0, 0.05) is 6.54 Å². The van der Waals surface area contributed by atoms with E-state index in [1.54, 1.807) is 0 Å². The minimum absolute atomic E-state index is 0.110. The monoisotopic (exact) mass is 292 g/mol. The van der Waals surface area contributed by atoms with Crippen LogP contribution < -0.4 is 10.6 Å². The molecule has 6 heteroatoms. The summed E-state index contributed by atoms with van der Waals surface area (Å²) in [5.41, 5.74) is -0.379. The van der Waals surface area contributed by atoms with Gasteiger partial charge in [-0.25, -0.2) is 4.79 Å². The van der Waals surface area contributed by atoms with E-state index in [9.17, 15) is 14.7 Å². The largest absolute Gasteiger partial charge is 0.508 e. The third-order valence-corrected chi connectivity index (χ3v) is 3.94. The van der Waals surface area contributed by atoms with Crippen molar-refractivity contribution in [1.82, 2.24) is 5.32 Å². The molecule has 2 rings (SSSR count). The van der Waals surface area contributed by atoms with Crippen molar-refractivity contribution in [3.8, 4) is 5.75 Å². The summed E-state index contributed by atoms with van der Waals surface area (Å²) in [6.07, 6.45) is 2.38. The van der Waals surface area contributed by atoms with Gasteiger partial charge in [0.15, 0.2) is 0 Å². The number of carboxylic acid groups (broad SMARTS) is 1. The highest BCUT2D eigenvalue weighted by Gasteiger charge is 2.40. The number of amides is 1. The molecule has 21 heavy (non-hydrogen) atoms. The lowest BCUT2D eigenvalue weighted by atomic mass is 9.81. The summed E-state index contributed by atoms with van der Waals surface area (Å²) in [7, 11) is 0. The second-order valence-electron chi connectivity index (χ2n) is 5.45. The van der Waals surface area contributed by atoms with Gasteiger partial charge in [0.1, 0.15) is 5.75 Å². The predicted molar refractivity (Wildman–Crippen MR) is 78.5 cm³/mol. The number of rotatable bonds is 5.